The Morgan fingerprint density at radius 2 is 1.50 bits per heavy atom. The molecule has 0 unspecified atom stereocenters. The van der Waals surface area contributed by atoms with Crippen LogP contribution in [0.25, 0.3) is 21.9 Å². The summed E-state index contributed by atoms with van der Waals surface area (Å²) in [7, 11) is 0. The van der Waals surface area contributed by atoms with Gasteiger partial charge in [0.2, 0.25) is 0 Å². The summed E-state index contributed by atoms with van der Waals surface area (Å²) in [6.45, 7) is 8.53. The molecule has 22 heavy (non-hydrogen) atoms. The van der Waals surface area contributed by atoms with Crippen molar-refractivity contribution in [2.24, 2.45) is 0 Å². The van der Waals surface area contributed by atoms with E-state index in [2.05, 4.69) is 61.8 Å². The van der Waals surface area contributed by atoms with Crippen molar-refractivity contribution in [2.45, 2.75) is 27.7 Å². The van der Waals surface area contributed by atoms with Crippen LogP contribution in [0.2, 0.25) is 0 Å². The van der Waals surface area contributed by atoms with Gasteiger partial charge >= 0.3 is 0 Å². The summed E-state index contributed by atoms with van der Waals surface area (Å²) in [6.07, 6.45) is 0. The van der Waals surface area contributed by atoms with Gasteiger partial charge in [0.05, 0.1) is 4.47 Å². The van der Waals surface area contributed by atoms with Gasteiger partial charge in [-0.3, -0.25) is 0 Å². The summed E-state index contributed by atoms with van der Waals surface area (Å²) in [4.78, 5) is 0. The number of hydrogen-bond acceptors (Lipinski definition) is 1. The minimum atomic E-state index is 0.313. The Labute approximate surface area is 139 Å². The second-order valence-corrected chi connectivity index (χ2v) is 6.79. The molecule has 3 aromatic carbocycles. The van der Waals surface area contributed by atoms with Crippen molar-refractivity contribution in [1.82, 2.24) is 0 Å². The van der Waals surface area contributed by atoms with E-state index in [0.717, 1.165) is 26.4 Å². The number of halogens is 1. The standard InChI is InChI=1S/C20H19BrO/c1-11-9-12(2)18(14(4)13(11)3)19-16-8-6-5-7-15(16)10-17(21)20(19)22/h5-10,22H,1-4H3. The van der Waals surface area contributed by atoms with Gasteiger partial charge in [0.25, 0.3) is 0 Å². The van der Waals surface area contributed by atoms with Crippen molar-refractivity contribution in [2.75, 3.05) is 0 Å². The average molecular weight is 355 g/mol. The fraction of sp³-hybridized carbons (Fsp3) is 0.200. The van der Waals surface area contributed by atoms with Gasteiger partial charge in [-0.1, -0.05) is 30.3 Å². The molecule has 0 radical (unpaired) electrons. The molecule has 1 N–H and O–H groups in total. The molecule has 1 nitrogen and oxygen atoms in total. The van der Waals surface area contributed by atoms with Gasteiger partial charge in [-0.15, -0.1) is 0 Å². The lowest BCUT2D eigenvalue weighted by Gasteiger charge is -2.19. The Balaban J connectivity index is 2.51. The van der Waals surface area contributed by atoms with E-state index in [9.17, 15) is 5.11 Å². The average Bonchev–Trinajstić information content (AvgIpc) is 2.49. The van der Waals surface area contributed by atoms with E-state index in [1.54, 1.807) is 0 Å². The normalized spacial score (nSPS) is 11.1. The van der Waals surface area contributed by atoms with Crippen LogP contribution in [0.5, 0.6) is 5.75 Å². The predicted octanol–water partition coefficient (Wildman–Crippen LogP) is 6.21. The zero-order valence-electron chi connectivity index (χ0n) is 13.3. The molecule has 0 aliphatic rings. The van der Waals surface area contributed by atoms with E-state index < -0.39 is 0 Å². The molecule has 0 aromatic heterocycles. The smallest absolute Gasteiger partial charge is 0.138 e. The third-order valence-electron chi connectivity index (χ3n) is 4.58. The van der Waals surface area contributed by atoms with Gasteiger partial charge in [0.15, 0.2) is 0 Å². The van der Waals surface area contributed by atoms with E-state index in [1.807, 2.05) is 18.2 Å². The molecule has 3 aromatic rings. The van der Waals surface area contributed by atoms with Crippen molar-refractivity contribution < 1.29 is 5.11 Å². The largest absolute Gasteiger partial charge is 0.506 e. The second-order valence-electron chi connectivity index (χ2n) is 5.94. The molecule has 2 heteroatoms. The Hall–Kier alpha value is -1.80. The van der Waals surface area contributed by atoms with E-state index in [-0.39, 0.29) is 0 Å². The molecular formula is C20H19BrO. The Morgan fingerprint density at radius 1 is 0.818 bits per heavy atom. The SMILES string of the molecule is Cc1cc(C)c(-c2c(O)c(Br)cc3ccccc23)c(C)c1C. The van der Waals surface area contributed by atoms with E-state index in [0.29, 0.717) is 5.75 Å². The summed E-state index contributed by atoms with van der Waals surface area (Å²) in [5.41, 5.74) is 7.05. The number of hydrogen-bond donors (Lipinski definition) is 1. The third kappa shape index (κ3) is 2.22. The molecule has 3 rings (SSSR count). The van der Waals surface area contributed by atoms with Crippen molar-refractivity contribution in [3.63, 3.8) is 0 Å². The molecular weight excluding hydrogens is 336 g/mol. The Bertz CT molecular complexity index is 894. The number of phenols is 1. The van der Waals surface area contributed by atoms with Crippen LogP contribution in [0.3, 0.4) is 0 Å². The predicted molar refractivity (Wildman–Crippen MR) is 97.7 cm³/mol. The van der Waals surface area contributed by atoms with Gasteiger partial charge in [-0.25, -0.2) is 0 Å². The molecule has 0 fully saturated rings. The van der Waals surface area contributed by atoms with Crippen molar-refractivity contribution in [3.8, 4) is 16.9 Å². The maximum Gasteiger partial charge on any atom is 0.138 e. The monoisotopic (exact) mass is 354 g/mol. The van der Waals surface area contributed by atoms with Crippen LogP contribution in [0, 0.1) is 27.7 Å². The number of benzene rings is 3. The van der Waals surface area contributed by atoms with Gasteiger partial charge in [-0.2, -0.15) is 0 Å². The summed E-state index contributed by atoms with van der Waals surface area (Å²) >= 11 is 3.50. The zero-order chi connectivity index (χ0) is 16.0. The minimum Gasteiger partial charge on any atom is -0.506 e. The number of fused-ring (bicyclic) bond motifs is 1. The number of aromatic hydroxyl groups is 1. The molecule has 0 atom stereocenters. The van der Waals surface area contributed by atoms with Gasteiger partial charge in [0, 0.05) is 5.56 Å². The number of rotatable bonds is 1. The first-order chi connectivity index (χ1) is 10.4. The molecule has 0 aliphatic carbocycles. The van der Waals surface area contributed by atoms with Crippen LogP contribution < -0.4 is 0 Å². The highest BCUT2D eigenvalue weighted by Crippen LogP contribution is 2.44. The molecule has 0 spiro atoms. The Kier molecular flexibility index (Phi) is 3.73. The number of aryl methyl sites for hydroxylation is 2. The zero-order valence-corrected chi connectivity index (χ0v) is 14.9. The van der Waals surface area contributed by atoms with Crippen LogP contribution in [0.1, 0.15) is 22.3 Å². The number of phenolic OH excluding ortho intramolecular Hbond substituents is 1. The van der Waals surface area contributed by atoms with E-state index in [4.69, 9.17) is 0 Å². The van der Waals surface area contributed by atoms with E-state index in [1.165, 1.54) is 22.3 Å². The quantitative estimate of drug-likeness (QED) is 0.550. The first-order valence-corrected chi connectivity index (χ1v) is 8.19. The van der Waals surface area contributed by atoms with Gasteiger partial charge in [0.1, 0.15) is 5.75 Å². The van der Waals surface area contributed by atoms with E-state index >= 15 is 0 Å². The van der Waals surface area contributed by atoms with Crippen LogP contribution in [-0.2, 0) is 0 Å². The third-order valence-corrected chi connectivity index (χ3v) is 5.19. The second kappa shape index (κ2) is 5.44. The molecule has 0 heterocycles. The van der Waals surface area contributed by atoms with Crippen molar-refractivity contribution in [3.05, 3.63) is 63.1 Å². The maximum atomic E-state index is 10.7. The lowest BCUT2D eigenvalue weighted by Crippen LogP contribution is -1.96. The van der Waals surface area contributed by atoms with Crippen molar-refractivity contribution >= 4 is 26.7 Å². The van der Waals surface area contributed by atoms with Crippen LogP contribution in [0.15, 0.2) is 40.9 Å². The maximum absolute atomic E-state index is 10.7. The lowest BCUT2D eigenvalue weighted by molar-refractivity contribution is 0.474. The first-order valence-electron chi connectivity index (χ1n) is 7.39. The summed E-state index contributed by atoms with van der Waals surface area (Å²) in [6, 6.07) is 12.4. The van der Waals surface area contributed by atoms with Gasteiger partial charge in [-0.05, 0) is 88.3 Å². The summed E-state index contributed by atoms with van der Waals surface area (Å²) in [5, 5.41) is 12.9. The molecule has 0 saturated carbocycles. The van der Waals surface area contributed by atoms with Gasteiger partial charge < -0.3 is 5.11 Å². The minimum absolute atomic E-state index is 0.313. The Morgan fingerprint density at radius 3 is 2.23 bits per heavy atom. The van der Waals surface area contributed by atoms with Crippen LogP contribution in [-0.4, -0.2) is 5.11 Å². The fourth-order valence-electron chi connectivity index (χ4n) is 3.22. The molecule has 0 aliphatic heterocycles. The molecule has 0 saturated heterocycles. The summed E-state index contributed by atoms with van der Waals surface area (Å²) < 4.78 is 0.734. The molecule has 112 valence electrons. The molecule has 0 amide bonds. The molecule has 0 bridgehead atoms. The highest BCUT2D eigenvalue weighted by Gasteiger charge is 2.18. The van der Waals surface area contributed by atoms with Crippen LogP contribution >= 0.6 is 15.9 Å². The highest BCUT2D eigenvalue weighted by atomic mass is 79.9. The van der Waals surface area contributed by atoms with Crippen LogP contribution in [0.4, 0.5) is 0 Å². The summed E-state index contributed by atoms with van der Waals surface area (Å²) in [5.74, 6) is 0.313. The first kappa shape index (κ1) is 15.1. The lowest BCUT2D eigenvalue weighted by atomic mass is 9.87. The van der Waals surface area contributed by atoms with Crippen molar-refractivity contribution in [1.29, 1.82) is 0 Å². The fourth-order valence-corrected chi connectivity index (χ4v) is 3.67. The highest BCUT2D eigenvalue weighted by molar-refractivity contribution is 9.10. The topological polar surface area (TPSA) is 20.2 Å².